The maximum Gasteiger partial charge on any atom is 0.191 e. The van der Waals surface area contributed by atoms with E-state index in [0.717, 1.165) is 37.4 Å². The van der Waals surface area contributed by atoms with Gasteiger partial charge in [0.2, 0.25) is 0 Å². The Kier molecular flexibility index (Phi) is 3.64. The van der Waals surface area contributed by atoms with Crippen molar-refractivity contribution >= 4 is 5.96 Å². The lowest BCUT2D eigenvalue weighted by Crippen LogP contribution is -2.43. The maximum absolute atomic E-state index is 6.12. The molecule has 0 amide bonds. The number of rotatable bonds is 3. The first-order valence-electron chi connectivity index (χ1n) is 7.08. The fourth-order valence-corrected chi connectivity index (χ4v) is 2.81. The summed E-state index contributed by atoms with van der Waals surface area (Å²) < 4.78 is 0. The van der Waals surface area contributed by atoms with E-state index in [9.17, 15) is 0 Å². The fourth-order valence-electron chi connectivity index (χ4n) is 2.81. The SMILES string of the molecule is CC1CCCN(C(N)=NCC2(C(C)C)CC2)C1. The monoisotopic (exact) mass is 237 g/mol. The molecule has 0 aromatic carbocycles. The lowest BCUT2D eigenvalue weighted by atomic mass is 9.93. The Hall–Kier alpha value is -0.730. The lowest BCUT2D eigenvalue weighted by molar-refractivity contribution is 0.268. The van der Waals surface area contributed by atoms with Gasteiger partial charge in [-0.25, -0.2) is 0 Å². The quantitative estimate of drug-likeness (QED) is 0.605. The summed E-state index contributed by atoms with van der Waals surface area (Å²) in [6.07, 6.45) is 5.25. The second-order valence-electron chi connectivity index (χ2n) is 6.38. The highest BCUT2D eigenvalue weighted by molar-refractivity contribution is 5.78. The molecule has 3 heteroatoms. The summed E-state index contributed by atoms with van der Waals surface area (Å²) in [6.45, 7) is 10.0. The van der Waals surface area contributed by atoms with Crippen LogP contribution in [0.4, 0.5) is 0 Å². The third kappa shape index (κ3) is 2.93. The average Bonchev–Trinajstić information content (AvgIpc) is 3.07. The third-order valence-corrected chi connectivity index (χ3v) is 4.65. The van der Waals surface area contributed by atoms with E-state index in [-0.39, 0.29) is 0 Å². The second kappa shape index (κ2) is 4.87. The standard InChI is InChI=1S/C14H27N3/c1-11(2)14(6-7-14)10-16-13(15)17-8-4-5-12(3)9-17/h11-12H,4-10H2,1-3H3,(H2,15,16). The highest BCUT2D eigenvalue weighted by Crippen LogP contribution is 2.51. The van der Waals surface area contributed by atoms with Gasteiger partial charge in [0.15, 0.2) is 5.96 Å². The minimum absolute atomic E-state index is 0.478. The van der Waals surface area contributed by atoms with Crippen LogP contribution in [0.15, 0.2) is 4.99 Å². The molecule has 3 nitrogen and oxygen atoms in total. The van der Waals surface area contributed by atoms with Crippen molar-refractivity contribution in [3.05, 3.63) is 0 Å². The molecule has 0 spiro atoms. The Balaban J connectivity index is 1.88. The van der Waals surface area contributed by atoms with Gasteiger partial charge in [-0.2, -0.15) is 0 Å². The summed E-state index contributed by atoms with van der Waals surface area (Å²) in [5, 5.41) is 0. The number of aliphatic imine (C=N–C) groups is 1. The number of guanidine groups is 1. The van der Waals surface area contributed by atoms with Gasteiger partial charge in [0.1, 0.15) is 0 Å². The van der Waals surface area contributed by atoms with Crippen LogP contribution < -0.4 is 5.73 Å². The van der Waals surface area contributed by atoms with E-state index in [4.69, 9.17) is 5.73 Å². The van der Waals surface area contributed by atoms with Gasteiger partial charge in [0, 0.05) is 19.6 Å². The van der Waals surface area contributed by atoms with Gasteiger partial charge in [-0.1, -0.05) is 20.8 Å². The summed E-state index contributed by atoms with van der Waals surface area (Å²) in [7, 11) is 0. The van der Waals surface area contributed by atoms with Crippen molar-refractivity contribution in [3.8, 4) is 0 Å². The smallest absolute Gasteiger partial charge is 0.191 e. The number of piperidine rings is 1. The molecule has 1 saturated heterocycles. The molecule has 0 radical (unpaired) electrons. The molecule has 1 saturated carbocycles. The Morgan fingerprint density at radius 3 is 2.71 bits per heavy atom. The largest absolute Gasteiger partial charge is 0.370 e. The summed E-state index contributed by atoms with van der Waals surface area (Å²) in [5.41, 5.74) is 6.60. The van der Waals surface area contributed by atoms with Gasteiger partial charge < -0.3 is 10.6 Å². The molecule has 1 aliphatic carbocycles. The highest BCUT2D eigenvalue weighted by Gasteiger charge is 2.45. The second-order valence-corrected chi connectivity index (χ2v) is 6.38. The maximum atomic E-state index is 6.12. The number of hydrogen-bond acceptors (Lipinski definition) is 1. The minimum Gasteiger partial charge on any atom is -0.370 e. The molecule has 2 rings (SSSR count). The van der Waals surface area contributed by atoms with Crippen LogP contribution in [0, 0.1) is 17.3 Å². The molecule has 1 unspecified atom stereocenters. The number of hydrogen-bond donors (Lipinski definition) is 1. The molecular formula is C14H27N3. The minimum atomic E-state index is 0.478. The van der Waals surface area contributed by atoms with Crippen LogP contribution in [0.25, 0.3) is 0 Å². The number of likely N-dealkylation sites (tertiary alicyclic amines) is 1. The van der Waals surface area contributed by atoms with E-state index in [2.05, 4.69) is 30.7 Å². The molecule has 1 aliphatic heterocycles. The van der Waals surface area contributed by atoms with Crippen molar-refractivity contribution in [2.24, 2.45) is 28.0 Å². The van der Waals surface area contributed by atoms with E-state index in [1.54, 1.807) is 0 Å². The molecule has 2 fully saturated rings. The van der Waals surface area contributed by atoms with Gasteiger partial charge in [0.25, 0.3) is 0 Å². The van der Waals surface area contributed by atoms with E-state index < -0.39 is 0 Å². The fraction of sp³-hybridized carbons (Fsp3) is 0.929. The Morgan fingerprint density at radius 1 is 1.47 bits per heavy atom. The van der Waals surface area contributed by atoms with Crippen molar-refractivity contribution in [1.82, 2.24) is 4.90 Å². The summed E-state index contributed by atoms with van der Waals surface area (Å²) >= 11 is 0. The zero-order valence-corrected chi connectivity index (χ0v) is 11.6. The summed E-state index contributed by atoms with van der Waals surface area (Å²) in [4.78, 5) is 6.93. The van der Waals surface area contributed by atoms with Crippen molar-refractivity contribution in [2.45, 2.75) is 46.5 Å². The Labute approximate surface area is 105 Å². The van der Waals surface area contributed by atoms with E-state index >= 15 is 0 Å². The zero-order chi connectivity index (χ0) is 12.5. The van der Waals surface area contributed by atoms with Crippen LogP contribution in [-0.2, 0) is 0 Å². The van der Waals surface area contributed by atoms with Gasteiger partial charge in [0.05, 0.1) is 0 Å². The first kappa shape index (κ1) is 12.7. The van der Waals surface area contributed by atoms with Crippen LogP contribution in [-0.4, -0.2) is 30.5 Å². The topological polar surface area (TPSA) is 41.6 Å². The van der Waals surface area contributed by atoms with Crippen LogP contribution in [0.1, 0.15) is 46.5 Å². The Bertz CT molecular complexity index is 292. The predicted octanol–water partition coefficient (Wildman–Crippen LogP) is 2.47. The van der Waals surface area contributed by atoms with Gasteiger partial charge in [-0.3, -0.25) is 4.99 Å². The molecule has 1 heterocycles. The van der Waals surface area contributed by atoms with Gasteiger partial charge >= 0.3 is 0 Å². The van der Waals surface area contributed by atoms with Crippen LogP contribution in [0.3, 0.4) is 0 Å². The molecule has 2 aliphatic rings. The molecule has 0 aromatic rings. The molecular weight excluding hydrogens is 210 g/mol. The average molecular weight is 237 g/mol. The van der Waals surface area contributed by atoms with Crippen LogP contribution in [0.5, 0.6) is 0 Å². The van der Waals surface area contributed by atoms with Crippen LogP contribution in [0.2, 0.25) is 0 Å². The number of nitrogens with two attached hydrogens (primary N) is 1. The zero-order valence-electron chi connectivity index (χ0n) is 11.6. The van der Waals surface area contributed by atoms with E-state index in [0.29, 0.717) is 5.41 Å². The van der Waals surface area contributed by atoms with Crippen molar-refractivity contribution < 1.29 is 0 Å². The molecule has 17 heavy (non-hydrogen) atoms. The third-order valence-electron chi connectivity index (χ3n) is 4.65. The molecule has 2 N–H and O–H groups in total. The molecule has 0 bridgehead atoms. The summed E-state index contributed by atoms with van der Waals surface area (Å²) in [5.74, 6) is 2.28. The summed E-state index contributed by atoms with van der Waals surface area (Å²) in [6, 6.07) is 0. The van der Waals surface area contributed by atoms with E-state index in [1.807, 2.05) is 0 Å². The van der Waals surface area contributed by atoms with Crippen molar-refractivity contribution in [1.29, 1.82) is 0 Å². The molecule has 98 valence electrons. The highest BCUT2D eigenvalue weighted by atomic mass is 15.3. The first-order valence-corrected chi connectivity index (χ1v) is 7.08. The molecule has 1 atom stereocenters. The van der Waals surface area contributed by atoms with E-state index in [1.165, 1.54) is 25.7 Å². The Morgan fingerprint density at radius 2 is 2.18 bits per heavy atom. The van der Waals surface area contributed by atoms with Gasteiger partial charge in [-0.15, -0.1) is 0 Å². The lowest BCUT2D eigenvalue weighted by Gasteiger charge is -2.32. The normalized spacial score (nSPS) is 28.6. The van der Waals surface area contributed by atoms with Crippen molar-refractivity contribution in [3.63, 3.8) is 0 Å². The van der Waals surface area contributed by atoms with Crippen LogP contribution >= 0.6 is 0 Å². The molecule has 0 aromatic heterocycles. The first-order chi connectivity index (χ1) is 8.03. The van der Waals surface area contributed by atoms with Crippen molar-refractivity contribution in [2.75, 3.05) is 19.6 Å². The predicted molar refractivity (Wildman–Crippen MR) is 73.0 cm³/mol. The number of nitrogens with zero attached hydrogens (tertiary/aromatic N) is 2. The van der Waals surface area contributed by atoms with Gasteiger partial charge in [-0.05, 0) is 42.9 Å².